The first-order valence-corrected chi connectivity index (χ1v) is 9.34. The van der Waals surface area contributed by atoms with Gasteiger partial charge in [-0.25, -0.2) is 19.3 Å². The van der Waals surface area contributed by atoms with Crippen LogP contribution in [-0.2, 0) is 14.4 Å². The lowest BCUT2D eigenvalue weighted by molar-refractivity contribution is -0.149. The van der Waals surface area contributed by atoms with E-state index in [1.54, 1.807) is 12.1 Å². The number of benzene rings is 3. The van der Waals surface area contributed by atoms with Crippen LogP contribution in [0.15, 0.2) is 72.8 Å². The summed E-state index contributed by atoms with van der Waals surface area (Å²) in [5, 5.41) is 0. The van der Waals surface area contributed by atoms with Gasteiger partial charge in [-0.3, -0.25) is 9.68 Å². The minimum Gasteiger partial charge on any atom is -0.465 e. The Morgan fingerprint density at radius 2 is 1.03 bits per heavy atom. The van der Waals surface area contributed by atoms with Gasteiger partial charge in [-0.2, -0.15) is 0 Å². The van der Waals surface area contributed by atoms with E-state index in [1.807, 2.05) is 0 Å². The summed E-state index contributed by atoms with van der Waals surface area (Å²) < 4.78 is 9.25. The van der Waals surface area contributed by atoms with Crippen molar-refractivity contribution in [1.82, 2.24) is 0 Å². The van der Waals surface area contributed by atoms with Gasteiger partial charge in [-0.1, -0.05) is 30.3 Å². The molecule has 0 fully saturated rings. The molecule has 0 saturated heterocycles. The van der Waals surface area contributed by atoms with Crippen molar-refractivity contribution < 1.29 is 38.4 Å². The van der Waals surface area contributed by atoms with E-state index >= 15 is 0 Å². The van der Waals surface area contributed by atoms with Crippen molar-refractivity contribution in [2.45, 2.75) is 0 Å². The Bertz CT molecular complexity index is 1150. The lowest BCUT2D eigenvalue weighted by atomic mass is 9.97. The van der Waals surface area contributed by atoms with Crippen LogP contribution in [-0.4, -0.2) is 37.9 Å². The maximum absolute atomic E-state index is 12.9. The number of rotatable bonds is 7. The average molecular weight is 434 g/mol. The SMILES string of the molecule is COC(=O)c1ccc(OOC(=O)c2ccccc2C(=O)c2ccc(C(=O)OC)cc2)cc1. The smallest absolute Gasteiger partial charge is 0.386 e. The van der Waals surface area contributed by atoms with Gasteiger partial charge in [0, 0.05) is 11.1 Å². The molecule has 0 aliphatic carbocycles. The lowest BCUT2D eigenvalue weighted by Crippen LogP contribution is -2.14. The number of carbonyl (C=O) groups excluding carboxylic acids is 4. The van der Waals surface area contributed by atoms with Gasteiger partial charge in [0.25, 0.3) is 0 Å². The largest absolute Gasteiger partial charge is 0.465 e. The molecule has 0 unspecified atom stereocenters. The molecule has 0 N–H and O–H groups in total. The highest BCUT2D eigenvalue weighted by Gasteiger charge is 2.21. The summed E-state index contributed by atoms with van der Waals surface area (Å²) in [6.45, 7) is 0. The van der Waals surface area contributed by atoms with Gasteiger partial charge in [-0.15, -0.1) is 0 Å². The molecule has 0 bridgehead atoms. The van der Waals surface area contributed by atoms with E-state index in [1.165, 1.54) is 74.9 Å². The van der Waals surface area contributed by atoms with Crippen molar-refractivity contribution in [2.24, 2.45) is 0 Å². The van der Waals surface area contributed by atoms with Crippen LogP contribution in [0.3, 0.4) is 0 Å². The minimum absolute atomic E-state index is 0.000672. The topological polar surface area (TPSA) is 105 Å². The van der Waals surface area contributed by atoms with Gasteiger partial charge in [0.1, 0.15) is 0 Å². The van der Waals surface area contributed by atoms with Crippen molar-refractivity contribution in [3.8, 4) is 5.75 Å². The zero-order valence-electron chi connectivity index (χ0n) is 17.2. The first kappa shape index (κ1) is 22.2. The first-order valence-electron chi connectivity index (χ1n) is 9.34. The van der Waals surface area contributed by atoms with E-state index in [0.29, 0.717) is 11.1 Å². The third-order valence-corrected chi connectivity index (χ3v) is 4.45. The predicted octanol–water partition coefficient (Wildman–Crippen LogP) is 3.64. The Morgan fingerprint density at radius 3 is 1.56 bits per heavy atom. The zero-order chi connectivity index (χ0) is 23.1. The summed E-state index contributed by atoms with van der Waals surface area (Å²) in [5.41, 5.74) is 0.981. The highest BCUT2D eigenvalue weighted by Crippen LogP contribution is 2.18. The average Bonchev–Trinajstić information content (AvgIpc) is 2.86. The van der Waals surface area contributed by atoms with Crippen molar-refractivity contribution in [1.29, 1.82) is 0 Å². The molecule has 3 aromatic carbocycles. The molecule has 32 heavy (non-hydrogen) atoms. The van der Waals surface area contributed by atoms with E-state index in [9.17, 15) is 19.2 Å². The van der Waals surface area contributed by atoms with Crippen LogP contribution in [0.4, 0.5) is 0 Å². The Morgan fingerprint density at radius 1 is 0.562 bits per heavy atom. The van der Waals surface area contributed by atoms with Crippen LogP contribution in [0.25, 0.3) is 0 Å². The van der Waals surface area contributed by atoms with Gasteiger partial charge < -0.3 is 9.47 Å². The molecule has 162 valence electrons. The van der Waals surface area contributed by atoms with Crippen LogP contribution in [0.5, 0.6) is 5.75 Å². The number of carbonyl (C=O) groups is 4. The highest BCUT2D eigenvalue weighted by atomic mass is 17.2. The fourth-order valence-corrected chi connectivity index (χ4v) is 2.79. The standard InChI is InChI=1S/C24H18O8/c1-29-22(26)16-9-7-15(8-10-16)21(25)19-5-3-4-6-20(19)24(28)32-31-18-13-11-17(12-14-18)23(27)30-2/h3-14H,1-2H3. The van der Waals surface area contributed by atoms with E-state index in [-0.39, 0.29) is 22.4 Å². The molecule has 0 heterocycles. The molecule has 3 aromatic rings. The number of hydrogen-bond donors (Lipinski definition) is 0. The second-order valence-electron chi connectivity index (χ2n) is 6.41. The van der Waals surface area contributed by atoms with Crippen LogP contribution in [0.2, 0.25) is 0 Å². The lowest BCUT2D eigenvalue weighted by Gasteiger charge is -2.09. The molecule has 8 heteroatoms. The van der Waals surface area contributed by atoms with Gasteiger partial charge in [-0.05, 0) is 42.5 Å². The van der Waals surface area contributed by atoms with Crippen LogP contribution in [0, 0.1) is 0 Å². The van der Waals surface area contributed by atoms with Gasteiger partial charge in [0.05, 0.1) is 30.9 Å². The number of esters is 2. The summed E-state index contributed by atoms with van der Waals surface area (Å²) in [4.78, 5) is 58.4. The van der Waals surface area contributed by atoms with E-state index in [4.69, 9.17) is 9.78 Å². The van der Waals surface area contributed by atoms with Crippen molar-refractivity contribution >= 4 is 23.7 Å². The molecule has 3 rings (SSSR count). The summed E-state index contributed by atoms with van der Waals surface area (Å²) in [6.07, 6.45) is 0. The van der Waals surface area contributed by atoms with Crippen molar-refractivity contribution in [3.63, 3.8) is 0 Å². The Hall–Kier alpha value is -4.46. The molecule has 8 nitrogen and oxygen atoms in total. The molecule has 0 aromatic heterocycles. The van der Waals surface area contributed by atoms with Crippen LogP contribution < -0.4 is 4.89 Å². The van der Waals surface area contributed by atoms with Gasteiger partial charge in [0.15, 0.2) is 11.5 Å². The summed E-state index contributed by atoms with van der Waals surface area (Å²) >= 11 is 0. The number of methoxy groups -OCH3 is 2. The highest BCUT2D eigenvalue weighted by molar-refractivity contribution is 6.14. The van der Waals surface area contributed by atoms with E-state index in [2.05, 4.69) is 9.47 Å². The fourth-order valence-electron chi connectivity index (χ4n) is 2.79. The number of ketones is 1. The molecule has 0 amide bonds. The molecular formula is C24H18O8. The Labute approximate surface area is 183 Å². The third-order valence-electron chi connectivity index (χ3n) is 4.45. The fraction of sp³-hybridized carbons (Fsp3) is 0.0833. The van der Waals surface area contributed by atoms with Crippen molar-refractivity contribution in [2.75, 3.05) is 14.2 Å². The normalized spacial score (nSPS) is 10.1. The minimum atomic E-state index is -0.878. The van der Waals surface area contributed by atoms with E-state index < -0.39 is 23.7 Å². The van der Waals surface area contributed by atoms with Crippen LogP contribution >= 0.6 is 0 Å². The summed E-state index contributed by atoms with van der Waals surface area (Å²) in [7, 11) is 2.53. The molecule has 0 atom stereocenters. The van der Waals surface area contributed by atoms with E-state index in [0.717, 1.165) is 0 Å². The number of hydrogen-bond acceptors (Lipinski definition) is 8. The quantitative estimate of drug-likeness (QED) is 0.240. The first-order chi connectivity index (χ1) is 15.4. The monoisotopic (exact) mass is 434 g/mol. The Balaban J connectivity index is 1.74. The maximum atomic E-state index is 12.9. The molecule has 0 radical (unpaired) electrons. The molecule has 0 aliphatic heterocycles. The summed E-state index contributed by atoms with van der Waals surface area (Å²) in [6, 6.07) is 17.7. The molecule has 0 aliphatic rings. The number of ether oxygens (including phenoxy) is 2. The predicted molar refractivity (Wildman–Crippen MR) is 111 cm³/mol. The van der Waals surface area contributed by atoms with Crippen LogP contribution in [0.1, 0.15) is 47.0 Å². The maximum Gasteiger partial charge on any atom is 0.386 e. The second kappa shape index (κ2) is 10.0. The third kappa shape index (κ3) is 4.99. The van der Waals surface area contributed by atoms with Crippen molar-refractivity contribution in [3.05, 3.63) is 101 Å². The molecule has 0 saturated carbocycles. The van der Waals surface area contributed by atoms with Gasteiger partial charge in [0.2, 0.25) is 0 Å². The molecule has 0 spiro atoms. The Kier molecular flexibility index (Phi) is 6.97. The summed E-state index contributed by atoms with van der Waals surface area (Å²) in [5.74, 6) is -2.17. The van der Waals surface area contributed by atoms with Gasteiger partial charge >= 0.3 is 17.9 Å². The molecular weight excluding hydrogens is 416 g/mol. The second-order valence-corrected chi connectivity index (χ2v) is 6.41. The zero-order valence-corrected chi connectivity index (χ0v) is 17.2.